The molecule has 1 amide bonds. The van der Waals surface area contributed by atoms with Gasteiger partial charge in [-0.25, -0.2) is 4.39 Å². The van der Waals surface area contributed by atoms with E-state index in [0.717, 1.165) is 5.57 Å². The highest BCUT2D eigenvalue weighted by molar-refractivity contribution is 5.87. The highest BCUT2D eigenvalue weighted by atomic mass is 19.1. The summed E-state index contributed by atoms with van der Waals surface area (Å²) < 4.78 is 13.1. The second kappa shape index (κ2) is 5.29. The highest BCUT2D eigenvalue weighted by Crippen LogP contribution is 2.05. The third-order valence-electron chi connectivity index (χ3n) is 1.83. The van der Waals surface area contributed by atoms with Crippen LogP contribution >= 0.6 is 0 Å². The minimum atomic E-state index is -0.296. The van der Waals surface area contributed by atoms with Gasteiger partial charge >= 0.3 is 0 Å². The summed E-state index contributed by atoms with van der Waals surface area (Å²) in [7, 11) is 0. The molecule has 3 heteroatoms. The Morgan fingerprint density at radius 1 is 1.40 bits per heavy atom. The quantitative estimate of drug-likeness (QED) is 0.758. The van der Waals surface area contributed by atoms with Crippen LogP contribution in [-0.4, -0.2) is 5.91 Å². The third-order valence-corrected chi connectivity index (χ3v) is 1.83. The Morgan fingerprint density at radius 3 is 2.67 bits per heavy atom. The number of allylic oxidation sites excluding steroid dienone is 1. The lowest BCUT2D eigenvalue weighted by Crippen LogP contribution is -2.21. The molecule has 15 heavy (non-hydrogen) atoms. The van der Waals surface area contributed by atoms with Crippen LogP contribution < -0.4 is 5.32 Å². The molecule has 0 aliphatic heterocycles. The molecule has 1 N–H and O–H groups in total. The molecule has 2 nitrogen and oxygen atoms in total. The molecule has 0 saturated heterocycles. The number of rotatable bonds is 3. The van der Waals surface area contributed by atoms with Gasteiger partial charge in [0.1, 0.15) is 5.82 Å². The molecular weight excluding hydrogens is 193 g/mol. The van der Waals surface area contributed by atoms with E-state index < -0.39 is 0 Å². The molecule has 0 bridgehead atoms. The normalized spacial score (nSPS) is 9.53. The molecule has 0 aliphatic rings. The van der Waals surface area contributed by atoms with Gasteiger partial charge in [0.2, 0.25) is 5.91 Å². The van der Waals surface area contributed by atoms with Gasteiger partial charge < -0.3 is 5.32 Å². The number of carbonyl (C=O) groups excluding carboxylic acids is 1. The van der Waals surface area contributed by atoms with E-state index in [1.807, 2.05) is 13.8 Å². The van der Waals surface area contributed by atoms with Gasteiger partial charge in [-0.05, 0) is 19.9 Å². The standard InChI is InChI=1S/C12H14FNO/c1-9(2)7-12(15)14-8-10-5-3-4-6-11(10)13/h3-7H,8H2,1-2H3,(H,14,15). The Kier molecular flexibility index (Phi) is 4.03. The first kappa shape index (κ1) is 11.4. The van der Waals surface area contributed by atoms with Gasteiger partial charge in [0.05, 0.1) is 0 Å². The monoisotopic (exact) mass is 207 g/mol. The molecule has 0 heterocycles. The summed E-state index contributed by atoms with van der Waals surface area (Å²) in [6.45, 7) is 3.89. The Balaban J connectivity index is 2.55. The number of nitrogens with one attached hydrogen (secondary N) is 1. The van der Waals surface area contributed by atoms with Crippen LogP contribution in [0.1, 0.15) is 19.4 Å². The van der Waals surface area contributed by atoms with E-state index >= 15 is 0 Å². The summed E-state index contributed by atoms with van der Waals surface area (Å²) in [5, 5.41) is 2.62. The van der Waals surface area contributed by atoms with E-state index in [1.54, 1.807) is 18.2 Å². The van der Waals surface area contributed by atoms with Gasteiger partial charge in [0.25, 0.3) is 0 Å². The predicted molar refractivity (Wildman–Crippen MR) is 57.7 cm³/mol. The minimum absolute atomic E-state index is 0.196. The highest BCUT2D eigenvalue weighted by Gasteiger charge is 2.01. The second-order valence-corrected chi connectivity index (χ2v) is 3.53. The molecule has 0 aromatic heterocycles. The van der Waals surface area contributed by atoms with Gasteiger partial charge in [-0.3, -0.25) is 4.79 Å². The van der Waals surface area contributed by atoms with Crippen molar-refractivity contribution in [2.24, 2.45) is 0 Å². The summed E-state index contributed by atoms with van der Waals surface area (Å²) >= 11 is 0. The fraction of sp³-hybridized carbons (Fsp3) is 0.250. The van der Waals surface area contributed by atoms with Crippen LogP contribution in [0.5, 0.6) is 0 Å². The smallest absolute Gasteiger partial charge is 0.244 e. The maximum absolute atomic E-state index is 13.1. The lowest BCUT2D eigenvalue weighted by atomic mass is 10.2. The molecule has 1 aromatic carbocycles. The molecule has 0 saturated carbocycles. The predicted octanol–water partition coefficient (Wildman–Crippen LogP) is 2.41. The molecular formula is C12H14FNO. The van der Waals surface area contributed by atoms with Gasteiger partial charge in [0.15, 0.2) is 0 Å². The zero-order valence-corrected chi connectivity index (χ0v) is 8.88. The Bertz CT molecular complexity index is 381. The van der Waals surface area contributed by atoms with Crippen LogP contribution in [0.15, 0.2) is 35.9 Å². The maximum atomic E-state index is 13.1. The molecule has 0 unspecified atom stereocenters. The van der Waals surface area contributed by atoms with Crippen molar-refractivity contribution in [3.8, 4) is 0 Å². The zero-order valence-electron chi connectivity index (χ0n) is 8.88. The molecule has 0 atom stereocenters. The van der Waals surface area contributed by atoms with Crippen LogP contribution in [0, 0.1) is 5.82 Å². The third kappa shape index (κ3) is 3.94. The molecule has 0 spiro atoms. The fourth-order valence-corrected chi connectivity index (χ4v) is 1.14. The van der Waals surface area contributed by atoms with Crippen LogP contribution in [0.2, 0.25) is 0 Å². The SMILES string of the molecule is CC(C)=CC(=O)NCc1ccccc1F. The van der Waals surface area contributed by atoms with Crippen molar-refractivity contribution in [3.05, 3.63) is 47.3 Å². The van der Waals surface area contributed by atoms with Gasteiger partial charge in [0, 0.05) is 18.2 Å². The molecule has 0 fully saturated rings. The summed E-state index contributed by atoms with van der Waals surface area (Å²) in [4.78, 5) is 11.2. The number of hydrogen-bond acceptors (Lipinski definition) is 1. The number of hydrogen-bond donors (Lipinski definition) is 1. The Morgan fingerprint density at radius 2 is 2.07 bits per heavy atom. The molecule has 0 radical (unpaired) electrons. The van der Waals surface area contributed by atoms with Crippen molar-refractivity contribution in [3.63, 3.8) is 0 Å². The summed E-state index contributed by atoms with van der Waals surface area (Å²) in [5.74, 6) is -0.492. The lowest BCUT2D eigenvalue weighted by molar-refractivity contribution is -0.116. The first-order valence-electron chi connectivity index (χ1n) is 4.75. The van der Waals surface area contributed by atoms with Gasteiger partial charge in [-0.2, -0.15) is 0 Å². The summed E-state index contributed by atoms with van der Waals surface area (Å²) in [6, 6.07) is 6.39. The van der Waals surface area contributed by atoms with Crippen LogP contribution in [0.3, 0.4) is 0 Å². The zero-order chi connectivity index (χ0) is 11.3. The van der Waals surface area contributed by atoms with Crippen molar-refractivity contribution < 1.29 is 9.18 Å². The number of halogens is 1. The second-order valence-electron chi connectivity index (χ2n) is 3.53. The number of carbonyl (C=O) groups is 1. The first-order valence-corrected chi connectivity index (χ1v) is 4.75. The molecule has 80 valence electrons. The number of amides is 1. The van der Waals surface area contributed by atoms with Crippen molar-refractivity contribution in [2.75, 3.05) is 0 Å². The molecule has 1 rings (SSSR count). The van der Waals surface area contributed by atoms with Crippen molar-refractivity contribution >= 4 is 5.91 Å². The van der Waals surface area contributed by atoms with Crippen LogP contribution in [0.4, 0.5) is 4.39 Å². The molecule has 1 aromatic rings. The van der Waals surface area contributed by atoms with E-state index in [4.69, 9.17) is 0 Å². The first-order chi connectivity index (χ1) is 7.09. The Hall–Kier alpha value is -1.64. The fourth-order valence-electron chi connectivity index (χ4n) is 1.14. The van der Waals surface area contributed by atoms with Crippen molar-refractivity contribution in [2.45, 2.75) is 20.4 Å². The van der Waals surface area contributed by atoms with E-state index in [9.17, 15) is 9.18 Å². The topological polar surface area (TPSA) is 29.1 Å². The maximum Gasteiger partial charge on any atom is 0.244 e. The summed E-state index contributed by atoms with van der Waals surface area (Å²) in [6.07, 6.45) is 1.49. The van der Waals surface area contributed by atoms with Crippen LogP contribution in [-0.2, 0) is 11.3 Å². The average molecular weight is 207 g/mol. The van der Waals surface area contributed by atoms with Crippen molar-refractivity contribution in [1.82, 2.24) is 5.32 Å². The van der Waals surface area contributed by atoms with Gasteiger partial charge in [-0.15, -0.1) is 0 Å². The summed E-state index contributed by atoms with van der Waals surface area (Å²) in [5.41, 5.74) is 1.41. The van der Waals surface area contributed by atoms with E-state index in [-0.39, 0.29) is 18.3 Å². The van der Waals surface area contributed by atoms with Crippen LogP contribution in [0.25, 0.3) is 0 Å². The Labute approximate surface area is 88.8 Å². The van der Waals surface area contributed by atoms with Crippen molar-refractivity contribution in [1.29, 1.82) is 0 Å². The van der Waals surface area contributed by atoms with E-state index in [2.05, 4.69) is 5.32 Å². The van der Waals surface area contributed by atoms with E-state index in [0.29, 0.717) is 5.56 Å². The van der Waals surface area contributed by atoms with Gasteiger partial charge in [-0.1, -0.05) is 23.8 Å². The lowest BCUT2D eigenvalue weighted by Gasteiger charge is -2.03. The van der Waals surface area contributed by atoms with E-state index in [1.165, 1.54) is 12.1 Å². The number of benzene rings is 1. The minimum Gasteiger partial charge on any atom is -0.348 e. The molecule has 0 aliphatic carbocycles. The largest absolute Gasteiger partial charge is 0.348 e. The average Bonchev–Trinajstić information content (AvgIpc) is 2.15.